The second-order valence-electron chi connectivity index (χ2n) is 5.70. The Balaban J connectivity index is 2.04. The van der Waals surface area contributed by atoms with Crippen molar-refractivity contribution >= 4 is 11.7 Å². The first-order valence-corrected chi connectivity index (χ1v) is 8.06. The molecule has 2 aromatic heterocycles. The van der Waals surface area contributed by atoms with Crippen molar-refractivity contribution in [2.24, 2.45) is 0 Å². The highest BCUT2D eigenvalue weighted by Crippen LogP contribution is 2.27. The Kier molecular flexibility index (Phi) is 4.50. The van der Waals surface area contributed by atoms with Gasteiger partial charge in [0.25, 0.3) is 0 Å². The summed E-state index contributed by atoms with van der Waals surface area (Å²) in [6.45, 7) is 3.91. The monoisotopic (exact) mass is 350 g/mol. The van der Waals surface area contributed by atoms with Crippen LogP contribution in [0.3, 0.4) is 0 Å². The fraction of sp³-hybridized carbons (Fsp3) is 0.211. The molecule has 0 atom stereocenters. The predicted molar refractivity (Wildman–Crippen MR) is 95.8 cm³/mol. The molecule has 2 N–H and O–H groups in total. The third-order valence-electron chi connectivity index (χ3n) is 4.16. The Morgan fingerprint density at radius 1 is 1.38 bits per heavy atom. The van der Waals surface area contributed by atoms with Crippen LogP contribution in [0.25, 0.3) is 17.1 Å². The van der Waals surface area contributed by atoms with Crippen molar-refractivity contribution in [2.75, 3.05) is 12.8 Å². The maximum Gasteiger partial charge on any atom is 0.357 e. The minimum Gasteiger partial charge on any atom is -0.464 e. The van der Waals surface area contributed by atoms with Gasteiger partial charge < -0.3 is 19.5 Å². The van der Waals surface area contributed by atoms with Crippen LogP contribution >= 0.6 is 0 Å². The number of methoxy groups -OCH3 is 1. The van der Waals surface area contributed by atoms with Gasteiger partial charge in [-0.15, -0.1) is 0 Å². The van der Waals surface area contributed by atoms with Crippen LogP contribution in [0.2, 0.25) is 0 Å². The first-order chi connectivity index (χ1) is 12.5. The van der Waals surface area contributed by atoms with Crippen LogP contribution in [-0.2, 0) is 11.2 Å². The lowest BCUT2D eigenvalue weighted by molar-refractivity contribution is 0.0593. The number of esters is 1. The standard InChI is InChI=1S/C19H18N4O3/c1-4-15-11(2)26-18(22-15)12-5-7-14(8-6-12)23-10-13(9-20)16(21)17(23)19(24)25-3/h5-8,10H,4,21H2,1-3H3. The predicted octanol–water partition coefficient (Wildman–Crippen LogP) is 3.24. The maximum absolute atomic E-state index is 12.1. The number of benzene rings is 1. The van der Waals surface area contributed by atoms with E-state index in [1.54, 1.807) is 16.7 Å². The van der Waals surface area contributed by atoms with Gasteiger partial charge in [0.1, 0.15) is 11.8 Å². The molecule has 0 bridgehead atoms. The van der Waals surface area contributed by atoms with Gasteiger partial charge in [0.05, 0.1) is 24.1 Å². The number of nitrogens with two attached hydrogens (primary N) is 1. The van der Waals surface area contributed by atoms with Gasteiger partial charge in [0, 0.05) is 17.4 Å². The molecule has 26 heavy (non-hydrogen) atoms. The number of anilines is 1. The van der Waals surface area contributed by atoms with Crippen molar-refractivity contribution in [1.29, 1.82) is 5.26 Å². The van der Waals surface area contributed by atoms with E-state index in [0.29, 0.717) is 11.6 Å². The average Bonchev–Trinajstić information content (AvgIpc) is 3.20. The maximum atomic E-state index is 12.1. The SMILES string of the molecule is CCc1nc(-c2ccc(-n3cc(C#N)c(N)c3C(=O)OC)cc2)oc1C. The molecule has 0 unspecified atom stereocenters. The summed E-state index contributed by atoms with van der Waals surface area (Å²) in [5.41, 5.74) is 8.76. The van der Waals surface area contributed by atoms with E-state index in [-0.39, 0.29) is 16.9 Å². The Labute approximate surface area is 150 Å². The summed E-state index contributed by atoms with van der Waals surface area (Å²) in [5, 5.41) is 9.19. The summed E-state index contributed by atoms with van der Waals surface area (Å²) in [5.74, 6) is 0.740. The molecule has 0 amide bonds. The number of aromatic nitrogens is 2. The molecule has 0 aliphatic heterocycles. The van der Waals surface area contributed by atoms with Crippen LogP contribution in [0, 0.1) is 18.3 Å². The summed E-state index contributed by atoms with van der Waals surface area (Å²) in [7, 11) is 1.27. The number of nitrogen functional groups attached to an aromatic ring is 1. The van der Waals surface area contributed by atoms with Crippen LogP contribution in [0.1, 0.15) is 34.4 Å². The molecular weight excluding hydrogens is 332 g/mol. The van der Waals surface area contributed by atoms with Gasteiger partial charge >= 0.3 is 5.97 Å². The zero-order valence-corrected chi connectivity index (χ0v) is 14.7. The first kappa shape index (κ1) is 17.3. The Morgan fingerprint density at radius 2 is 2.08 bits per heavy atom. The van der Waals surface area contributed by atoms with Crippen LogP contribution in [0.4, 0.5) is 5.69 Å². The van der Waals surface area contributed by atoms with Gasteiger partial charge in [-0.1, -0.05) is 6.92 Å². The van der Waals surface area contributed by atoms with E-state index in [9.17, 15) is 10.1 Å². The van der Waals surface area contributed by atoms with Crippen molar-refractivity contribution < 1.29 is 13.9 Å². The highest BCUT2D eigenvalue weighted by Gasteiger charge is 2.21. The molecule has 7 heteroatoms. The van der Waals surface area contributed by atoms with Gasteiger partial charge in [-0.3, -0.25) is 0 Å². The molecule has 3 aromatic rings. The highest BCUT2D eigenvalue weighted by atomic mass is 16.5. The number of nitrogens with zero attached hydrogens (tertiary/aromatic N) is 3. The third kappa shape index (κ3) is 2.82. The quantitative estimate of drug-likeness (QED) is 0.724. The molecule has 132 valence electrons. The van der Waals surface area contributed by atoms with Crippen molar-refractivity contribution in [2.45, 2.75) is 20.3 Å². The summed E-state index contributed by atoms with van der Waals surface area (Å²) >= 11 is 0. The fourth-order valence-electron chi connectivity index (χ4n) is 2.76. The van der Waals surface area contributed by atoms with Crippen LogP contribution in [-0.4, -0.2) is 22.6 Å². The number of nitriles is 1. The second-order valence-corrected chi connectivity index (χ2v) is 5.70. The lowest BCUT2D eigenvalue weighted by atomic mass is 10.2. The van der Waals surface area contributed by atoms with Crippen molar-refractivity contribution in [3.05, 3.63) is 53.2 Å². The van der Waals surface area contributed by atoms with Crippen LogP contribution in [0.5, 0.6) is 0 Å². The van der Waals surface area contributed by atoms with E-state index < -0.39 is 5.97 Å². The molecule has 1 aromatic carbocycles. The van der Waals surface area contributed by atoms with E-state index in [2.05, 4.69) is 4.98 Å². The smallest absolute Gasteiger partial charge is 0.357 e. The van der Waals surface area contributed by atoms with Crippen molar-refractivity contribution in [3.63, 3.8) is 0 Å². The number of rotatable bonds is 4. The molecule has 0 radical (unpaired) electrons. The van der Waals surface area contributed by atoms with Gasteiger partial charge in [0.15, 0.2) is 5.69 Å². The van der Waals surface area contributed by atoms with Crippen molar-refractivity contribution in [1.82, 2.24) is 9.55 Å². The molecule has 3 rings (SSSR count). The highest BCUT2D eigenvalue weighted by molar-refractivity contribution is 5.96. The minimum atomic E-state index is -0.607. The molecular formula is C19H18N4O3. The molecule has 0 aliphatic carbocycles. The number of oxazole rings is 1. The first-order valence-electron chi connectivity index (χ1n) is 8.06. The summed E-state index contributed by atoms with van der Waals surface area (Å²) < 4.78 is 12.0. The van der Waals surface area contributed by atoms with Crippen LogP contribution in [0.15, 0.2) is 34.9 Å². The Bertz CT molecular complexity index is 1010. The number of carbonyl (C=O) groups excluding carboxylic acids is 1. The molecule has 0 fully saturated rings. The van der Waals surface area contributed by atoms with E-state index in [1.165, 1.54) is 13.3 Å². The Hall–Kier alpha value is -3.53. The van der Waals surface area contributed by atoms with E-state index in [0.717, 1.165) is 23.4 Å². The average molecular weight is 350 g/mol. The van der Waals surface area contributed by atoms with Gasteiger partial charge in [-0.25, -0.2) is 9.78 Å². The largest absolute Gasteiger partial charge is 0.464 e. The second kappa shape index (κ2) is 6.76. The normalized spacial score (nSPS) is 10.5. The van der Waals surface area contributed by atoms with E-state index in [1.807, 2.05) is 32.0 Å². The van der Waals surface area contributed by atoms with Gasteiger partial charge in [0.2, 0.25) is 5.89 Å². The van der Waals surface area contributed by atoms with E-state index >= 15 is 0 Å². The number of hydrogen-bond acceptors (Lipinski definition) is 6. The lowest BCUT2D eigenvalue weighted by Gasteiger charge is -2.08. The van der Waals surface area contributed by atoms with Crippen molar-refractivity contribution in [3.8, 4) is 23.2 Å². The van der Waals surface area contributed by atoms with Gasteiger partial charge in [-0.2, -0.15) is 5.26 Å². The molecule has 2 heterocycles. The molecule has 7 nitrogen and oxygen atoms in total. The number of ether oxygens (including phenoxy) is 1. The lowest BCUT2D eigenvalue weighted by Crippen LogP contribution is -2.11. The van der Waals surface area contributed by atoms with E-state index in [4.69, 9.17) is 14.9 Å². The topological polar surface area (TPSA) is 107 Å². The van der Waals surface area contributed by atoms with Gasteiger partial charge in [-0.05, 0) is 37.6 Å². The number of carbonyl (C=O) groups is 1. The zero-order chi connectivity index (χ0) is 18.8. The molecule has 0 saturated carbocycles. The molecule has 0 aliphatic rings. The number of aryl methyl sites for hydroxylation is 2. The Morgan fingerprint density at radius 3 is 2.62 bits per heavy atom. The third-order valence-corrected chi connectivity index (χ3v) is 4.16. The molecule has 0 saturated heterocycles. The zero-order valence-electron chi connectivity index (χ0n) is 14.7. The summed E-state index contributed by atoms with van der Waals surface area (Å²) in [4.78, 5) is 16.5. The molecule has 0 spiro atoms. The van der Waals surface area contributed by atoms with Crippen LogP contribution < -0.4 is 5.73 Å². The fourth-order valence-corrected chi connectivity index (χ4v) is 2.76. The minimum absolute atomic E-state index is 0.0966. The number of hydrogen-bond donors (Lipinski definition) is 1. The summed E-state index contributed by atoms with van der Waals surface area (Å²) in [6.07, 6.45) is 2.32. The summed E-state index contributed by atoms with van der Waals surface area (Å²) in [6, 6.07) is 9.25.